The Bertz CT molecular complexity index is 364. The standard InChI is InChI=1S/C14H18O3/c1-3-4-10-13(17-11-16-2)14(15)12-8-6-5-7-9-12/h5-9,13-15H,3,11H2,1-2H3/t13-,14+/m1/s1. The van der Waals surface area contributed by atoms with Gasteiger partial charge in [-0.25, -0.2) is 0 Å². The third-order valence-corrected chi connectivity index (χ3v) is 2.21. The summed E-state index contributed by atoms with van der Waals surface area (Å²) in [4.78, 5) is 0. The van der Waals surface area contributed by atoms with Crippen molar-refractivity contribution in [1.82, 2.24) is 0 Å². The fraction of sp³-hybridized carbons (Fsp3) is 0.429. The van der Waals surface area contributed by atoms with Crippen molar-refractivity contribution < 1.29 is 14.6 Å². The first kappa shape index (κ1) is 13.7. The number of aliphatic hydroxyl groups is 1. The first-order chi connectivity index (χ1) is 8.29. The SMILES string of the molecule is CCC#C[C@@H](OCOC)[C@@H](O)c1ccccc1. The fourth-order valence-electron chi connectivity index (χ4n) is 1.38. The van der Waals surface area contributed by atoms with Gasteiger partial charge in [-0.05, 0) is 5.56 Å². The summed E-state index contributed by atoms with van der Waals surface area (Å²) >= 11 is 0. The summed E-state index contributed by atoms with van der Waals surface area (Å²) in [6, 6.07) is 9.35. The zero-order chi connectivity index (χ0) is 12.5. The van der Waals surface area contributed by atoms with Gasteiger partial charge in [-0.3, -0.25) is 0 Å². The predicted octanol–water partition coefficient (Wildman–Crippen LogP) is 2.12. The second-order valence-electron chi connectivity index (χ2n) is 3.52. The van der Waals surface area contributed by atoms with E-state index in [-0.39, 0.29) is 6.79 Å². The monoisotopic (exact) mass is 234 g/mol. The van der Waals surface area contributed by atoms with Crippen LogP contribution in [0.15, 0.2) is 30.3 Å². The quantitative estimate of drug-likeness (QED) is 0.626. The van der Waals surface area contributed by atoms with E-state index in [1.54, 1.807) is 7.11 Å². The van der Waals surface area contributed by atoms with Crippen LogP contribution >= 0.6 is 0 Å². The zero-order valence-electron chi connectivity index (χ0n) is 10.2. The lowest BCUT2D eigenvalue weighted by atomic mass is 10.0. The minimum atomic E-state index is -0.759. The van der Waals surface area contributed by atoms with E-state index < -0.39 is 12.2 Å². The molecule has 0 saturated heterocycles. The Morgan fingerprint density at radius 2 is 2.00 bits per heavy atom. The van der Waals surface area contributed by atoms with Crippen LogP contribution in [0.2, 0.25) is 0 Å². The van der Waals surface area contributed by atoms with Gasteiger partial charge < -0.3 is 14.6 Å². The lowest BCUT2D eigenvalue weighted by Crippen LogP contribution is -2.21. The second kappa shape index (κ2) is 7.86. The van der Waals surface area contributed by atoms with Crippen molar-refractivity contribution in [3.63, 3.8) is 0 Å². The molecule has 0 saturated carbocycles. The minimum absolute atomic E-state index is 0.118. The van der Waals surface area contributed by atoms with Gasteiger partial charge in [-0.2, -0.15) is 0 Å². The molecular formula is C14H18O3. The molecule has 1 N–H and O–H groups in total. The third kappa shape index (κ3) is 4.58. The molecule has 0 radical (unpaired) electrons. The van der Waals surface area contributed by atoms with Crippen LogP contribution in [0.5, 0.6) is 0 Å². The first-order valence-corrected chi connectivity index (χ1v) is 5.61. The molecule has 0 aliphatic heterocycles. The van der Waals surface area contributed by atoms with Gasteiger partial charge in [0.2, 0.25) is 0 Å². The highest BCUT2D eigenvalue weighted by Gasteiger charge is 2.19. The summed E-state index contributed by atoms with van der Waals surface area (Å²) < 4.78 is 10.2. The van der Waals surface area contributed by atoms with Crippen molar-refractivity contribution in [3.05, 3.63) is 35.9 Å². The van der Waals surface area contributed by atoms with Gasteiger partial charge in [0.05, 0.1) is 0 Å². The Balaban J connectivity index is 2.75. The lowest BCUT2D eigenvalue weighted by molar-refractivity contribution is -0.0904. The van der Waals surface area contributed by atoms with E-state index in [1.165, 1.54) is 0 Å². The van der Waals surface area contributed by atoms with Crippen molar-refractivity contribution in [2.45, 2.75) is 25.6 Å². The molecule has 3 nitrogen and oxygen atoms in total. The average molecular weight is 234 g/mol. The highest BCUT2D eigenvalue weighted by Crippen LogP contribution is 2.18. The van der Waals surface area contributed by atoms with Crippen LogP contribution in [-0.4, -0.2) is 25.1 Å². The predicted molar refractivity (Wildman–Crippen MR) is 66.2 cm³/mol. The van der Waals surface area contributed by atoms with E-state index in [9.17, 15) is 5.11 Å². The molecule has 2 atom stereocenters. The van der Waals surface area contributed by atoms with Crippen molar-refractivity contribution in [3.8, 4) is 11.8 Å². The summed E-state index contributed by atoms with van der Waals surface area (Å²) in [6.07, 6.45) is -0.586. The topological polar surface area (TPSA) is 38.7 Å². The number of benzene rings is 1. The Labute approximate surface area is 102 Å². The molecule has 1 rings (SSSR count). The number of methoxy groups -OCH3 is 1. The highest BCUT2D eigenvalue weighted by atomic mass is 16.7. The largest absolute Gasteiger partial charge is 0.385 e. The minimum Gasteiger partial charge on any atom is -0.385 e. The molecule has 0 spiro atoms. The Kier molecular flexibility index (Phi) is 6.34. The van der Waals surface area contributed by atoms with Gasteiger partial charge >= 0.3 is 0 Å². The molecule has 0 fully saturated rings. The molecule has 0 aliphatic rings. The molecule has 0 bridgehead atoms. The van der Waals surface area contributed by atoms with Crippen molar-refractivity contribution in [2.24, 2.45) is 0 Å². The van der Waals surface area contributed by atoms with Crippen molar-refractivity contribution >= 4 is 0 Å². The van der Waals surface area contributed by atoms with E-state index >= 15 is 0 Å². The number of ether oxygens (including phenoxy) is 2. The Morgan fingerprint density at radius 3 is 2.59 bits per heavy atom. The molecule has 1 aromatic rings. The van der Waals surface area contributed by atoms with Crippen molar-refractivity contribution in [2.75, 3.05) is 13.9 Å². The van der Waals surface area contributed by atoms with Gasteiger partial charge in [0.1, 0.15) is 12.9 Å². The molecule has 0 aromatic heterocycles. The van der Waals surface area contributed by atoms with Crippen molar-refractivity contribution in [1.29, 1.82) is 0 Å². The van der Waals surface area contributed by atoms with E-state index in [0.29, 0.717) is 0 Å². The van der Waals surface area contributed by atoms with Crippen LogP contribution in [0, 0.1) is 11.8 Å². The highest BCUT2D eigenvalue weighted by molar-refractivity contribution is 5.22. The third-order valence-electron chi connectivity index (χ3n) is 2.21. The molecule has 3 heteroatoms. The molecule has 0 amide bonds. The second-order valence-corrected chi connectivity index (χ2v) is 3.52. The molecule has 0 aliphatic carbocycles. The molecular weight excluding hydrogens is 216 g/mol. The van der Waals surface area contributed by atoms with E-state index in [2.05, 4.69) is 11.8 Å². The molecule has 17 heavy (non-hydrogen) atoms. The van der Waals surface area contributed by atoms with Crippen LogP contribution in [0.3, 0.4) is 0 Å². The summed E-state index contributed by atoms with van der Waals surface area (Å²) in [7, 11) is 1.54. The maximum absolute atomic E-state index is 10.2. The number of hydrogen-bond donors (Lipinski definition) is 1. The summed E-state index contributed by atoms with van der Waals surface area (Å²) in [6.45, 7) is 2.07. The molecule has 92 valence electrons. The normalized spacial score (nSPS) is 13.6. The van der Waals surface area contributed by atoms with E-state index in [1.807, 2.05) is 37.3 Å². The van der Waals surface area contributed by atoms with Crippen LogP contribution < -0.4 is 0 Å². The van der Waals surface area contributed by atoms with Crippen LogP contribution in [0.1, 0.15) is 25.0 Å². The summed E-state index contributed by atoms with van der Waals surface area (Å²) in [5.41, 5.74) is 0.791. The van der Waals surface area contributed by atoms with Gasteiger partial charge in [0.25, 0.3) is 0 Å². The van der Waals surface area contributed by atoms with Crippen LogP contribution in [0.4, 0.5) is 0 Å². The number of hydrogen-bond acceptors (Lipinski definition) is 3. The van der Waals surface area contributed by atoms with E-state index in [4.69, 9.17) is 9.47 Å². The number of aliphatic hydroxyl groups excluding tert-OH is 1. The Morgan fingerprint density at radius 1 is 1.29 bits per heavy atom. The van der Waals surface area contributed by atoms with Crippen LogP contribution in [-0.2, 0) is 9.47 Å². The smallest absolute Gasteiger partial charge is 0.150 e. The fourth-order valence-corrected chi connectivity index (χ4v) is 1.38. The van der Waals surface area contributed by atoms with Gasteiger partial charge in [0.15, 0.2) is 6.10 Å². The van der Waals surface area contributed by atoms with Gasteiger partial charge in [-0.1, -0.05) is 43.2 Å². The first-order valence-electron chi connectivity index (χ1n) is 5.61. The van der Waals surface area contributed by atoms with E-state index in [0.717, 1.165) is 12.0 Å². The maximum Gasteiger partial charge on any atom is 0.150 e. The molecule has 0 heterocycles. The van der Waals surface area contributed by atoms with Crippen LogP contribution in [0.25, 0.3) is 0 Å². The average Bonchev–Trinajstić information content (AvgIpc) is 2.39. The lowest BCUT2D eigenvalue weighted by Gasteiger charge is -2.18. The summed E-state index contributed by atoms with van der Waals surface area (Å²) in [5, 5.41) is 10.2. The molecule has 1 aromatic carbocycles. The maximum atomic E-state index is 10.2. The Hall–Kier alpha value is -1.34. The summed E-state index contributed by atoms with van der Waals surface area (Å²) in [5.74, 6) is 5.82. The number of rotatable bonds is 5. The molecule has 0 unspecified atom stereocenters. The van der Waals surface area contributed by atoms with Gasteiger partial charge in [-0.15, -0.1) is 5.92 Å². The van der Waals surface area contributed by atoms with Gasteiger partial charge in [0, 0.05) is 13.5 Å². The zero-order valence-corrected chi connectivity index (χ0v) is 10.2.